The molecule has 0 saturated heterocycles. The Balaban J connectivity index is 0.000000405. The average Bonchev–Trinajstić information content (AvgIpc) is 3.51. The molecule has 0 radical (unpaired) electrons. The van der Waals surface area contributed by atoms with Crippen LogP contribution in [-0.2, 0) is 0 Å². The molecule has 1 nitrogen and oxygen atoms in total. The van der Waals surface area contributed by atoms with Crippen LogP contribution in [0, 0.1) is 11.3 Å². The van der Waals surface area contributed by atoms with Crippen LogP contribution in [0.25, 0.3) is 0 Å². The molecule has 30 heavy (non-hydrogen) atoms. The van der Waals surface area contributed by atoms with E-state index in [0.29, 0.717) is 6.42 Å². The summed E-state index contributed by atoms with van der Waals surface area (Å²) in [7, 11) is 0. The minimum atomic E-state index is -0.370. The van der Waals surface area contributed by atoms with E-state index in [1.54, 1.807) is 25.7 Å². The summed E-state index contributed by atoms with van der Waals surface area (Å²) in [6.45, 7) is 6.74. The maximum Gasteiger partial charge on any atom is 0.0758 e. The number of aliphatic hydroxyl groups is 1. The largest absolute Gasteiger partial charge is 0.389 e. The highest BCUT2D eigenvalue weighted by molar-refractivity contribution is 5.12. The molecule has 0 amide bonds. The monoisotopic (exact) mass is 414 g/mol. The third-order valence-electron chi connectivity index (χ3n) is 6.39. The summed E-state index contributed by atoms with van der Waals surface area (Å²) in [5.74, 6) is 1.14. The van der Waals surface area contributed by atoms with Gasteiger partial charge in [-0.05, 0) is 69.1 Å². The zero-order valence-electron chi connectivity index (χ0n) is 20.3. The fraction of sp³-hybridized carbons (Fsp3) is 0.724. The minimum absolute atomic E-state index is 0.370. The molecule has 1 heteroatoms. The van der Waals surface area contributed by atoms with Crippen molar-refractivity contribution in [3.8, 4) is 0 Å². The highest BCUT2D eigenvalue weighted by Gasteiger charge is 2.51. The summed E-state index contributed by atoms with van der Waals surface area (Å²) in [6.07, 6.45) is 35.8. The van der Waals surface area contributed by atoms with E-state index in [9.17, 15) is 5.11 Å². The lowest BCUT2D eigenvalue weighted by Gasteiger charge is -2.35. The van der Waals surface area contributed by atoms with Gasteiger partial charge < -0.3 is 5.11 Å². The number of hydrogen-bond acceptors (Lipinski definition) is 1. The van der Waals surface area contributed by atoms with Gasteiger partial charge in [-0.15, -0.1) is 0 Å². The SMILES string of the molecule is CCCC1CC2(CC2)C1.CCCCC\C=C/C=C/C=C/[C@H](O)C/C=C\CCCCC. The first-order valence-electron chi connectivity index (χ1n) is 13.0. The lowest BCUT2D eigenvalue weighted by Crippen LogP contribution is -2.24. The zero-order valence-corrected chi connectivity index (χ0v) is 20.3. The van der Waals surface area contributed by atoms with Crippen LogP contribution in [0.4, 0.5) is 0 Å². The van der Waals surface area contributed by atoms with Crippen LogP contribution in [0.1, 0.15) is 117 Å². The second kappa shape index (κ2) is 17.6. The van der Waals surface area contributed by atoms with Crippen LogP contribution in [0.2, 0.25) is 0 Å². The van der Waals surface area contributed by atoms with Crippen LogP contribution < -0.4 is 0 Å². The summed E-state index contributed by atoms with van der Waals surface area (Å²) < 4.78 is 0. The lowest BCUT2D eigenvalue weighted by molar-refractivity contribution is 0.157. The van der Waals surface area contributed by atoms with Crippen LogP contribution in [0.15, 0.2) is 48.6 Å². The predicted octanol–water partition coefficient (Wildman–Crippen LogP) is 9.10. The zero-order chi connectivity index (χ0) is 21.9. The maximum absolute atomic E-state index is 9.76. The van der Waals surface area contributed by atoms with Crippen LogP contribution in [-0.4, -0.2) is 11.2 Å². The van der Waals surface area contributed by atoms with Crippen molar-refractivity contribution in [3.05, 3.63) is 48.6 Å². The van der Waals surface area contributed by atoms with E-state index in [0.717, 1.165) is 24.2 Å². The van der Waals surface area contributed by atoms with Gasteiger partial charge in [-0.3, -0.25) is 0 Å². The van der Waals surface area contributed by atoms with Crippen molar-refractivity contribution < 1.29 is 5.11 Å². The molecule has 172 valence electrons. The van der Waals surface area contributed by atoms with Crippen molar-refractivity contribution in [2.75, 3.05) is 0 Å². The Morgan fingerprint density at radius 1 is 0.767 bits per heavy atom. The quantitative estimate of drug-likeness (QED) is 0.161. The summed E-state index contributed by atoms with van der Waals surface area (Å²) in [5, 5.41) is 9.76. The van der Waals surface area contributed by atoms with E-state index >= 15 is 0 Å². The molecule has 2 fully saturated rings. The smallest absolute Gasteiger partial charge is 0.0758 e. The summed E-state index contributed by atoms with van der Waals surface area (Å²) in [6, 6.07) is 0. The normalized spacial score (nSPS) is 19.1. The lowest BCUT2D eigenvalue weighted by atomic mass is 9.70. The van der Waals surface area contributed by atoms with Crippen molar-refractivity contribution in [2.24, 2.45) is 11.3 Å². The molecule has 1 N–H and O–H groups in total. The molecule has 0 aromatic carbocycles. The Labute approximate surface area is 188 Å². The topological polar surface area (TPSA) is 20.2 Å². The second-order valence-electron chi connectivity index (χ2n) is 9.53. The molecule has 0 bridgehead atoms. The van der Waals surface area contributed by atoms with Crippen molar-refractivity contribution in [1.29, 1.82) is 0 Å². The standard InChI is InChI=1S/C20H34O.C9H16/c1-3-5-7-9-11-12-13-15-17-19-20(21)18-16-14-10-8-6-4-2;1-2-3-8-6-9(7-8)4-5-9/h11-17,19-21H,3-10,18H2,1-2H3;8H,2-7H2,1H3/b12-11-,15-13+,16-14-,19-17+;/t20-;/m1./s1. The molecule has 0 unspecified atom stereocenters. The van der Waals surface area contributed by atoms with E-state index < -0.39 is 0 Å². The first-order valence-corrected chi connectivity index (χ1v) is 13.0. The van der Waals surface area contributed by atoms with E-state index in [1.165, 1.54) is 51.4 Å². The van der Waals surface area contributed by atoms with Gasteiger partial charge in [0.05, 0.1) is 6.10 Å². The number of hydrogen-bond donors (Lipinski definition) is 1. The highest BCUT2D eigenvalue weighted by Crippen LogP contribution is 2.64. The molecule has 0 heterocycles. The number of rotatable bonds is 15. The third kappa shape index (κ3) is 14.0. The first-order chi connectivity index (χ1) is 14.7. The molecule has 2 saturated carbocycles. The van der Waals surface area contributed by atoms with Gasteiger partial charge in [0.15, 0.2) is 0 Å². The van der Waals surface area contributed by atoms with Crippen LogP contribution in [0.5, 0.6) is 0 Å². The number of unbranched alkanes of at least 4 members (excludes halogenated alkanes) is 6. The molecule has 0 aromatic heterocycles. The van der Waals surface area contributed by atoms with Crippen molar-refractivity contribution in [2.45, 2.75) is 123 Å². The molecule has 1 spiro atoms. The number of allylic oxidation sites excluding steroid dienone is 6. The third-order valence-corrected chi connectivity index (χ3v) is 6.39. The van der Waals surface area contributed by atoms with Gasteiger partial charge in [0.2, 0.25) is 0 Å². The van der Waals surface area contributed by atoms with Crippen molar-refractivity contribution >= 4 is 0 Å². The van der Waals surface area contributed by atoms with Gasteiger partial charge in [0, 0.05) is 0 Å². The molecule has 0 aromatic rings. The van der Waals surface area contributed by atoms with Gasteiger partial charge in [0.25, 0.3) is 0 Å². The summed E-state index contributed by atoms with van der Waals surface area (Å²) >= 11 is 0. The average molecular weight is 415 g/mol. The highest BCUT2D eigenvalue weighted by atomic mass is 16.3. The van der Waals surface area contributed by atoms with Gasteiger partial charge in [-0.25, -0.2) is 0 Å². The van der Waals surface area contributed by atoms with Crippen molar-refractivity contribution in [3.63, 3.8) is 0 Å². The first kappa shape index (κ1) is 27.0. The Morgan fingerprint density at radius 3 is 2.00 bits per heavy atom. The Bertz CT molecular complexity index is 498. The fourth-order valence-electron chi connectivity index (χ4n) is 4.31. The molecule has 2 aliphatic rings. The number of aliphatic hydroxyl groups excluding tert-OH is 1. The molecule has 2 rings (SSSR count). The molecule has 0 aliphatic heterocycles. The fourth-order valence-corrected chi connectivity index (χ4v) is 4.31. The van der Waals surface area contributed by atoms with E-state index in [-0.39, 0.29) is 6.10 Å². The predicted molar refractivity (Wildman–Crippen MR) is 135 cm³/mol. The Morgan fingerprint density at radius 2 is 1.40 bits per heavy atom. The maximum atomic E-state index is 9.76. The molecular weight excluding hydrogens is 364 g/mol. The Hall–Kier alpha value is -1.08. The van der Waals surface area contributed by atoms with Gasteiger partial charge >= 0.3 is 0 Å². The summed E-state index contributed by atoms with van der Waals surface area (Å²) in [4.78, 5) is 0. The van der Waals surface area contributed by atoms with Crippen LogP contribution in [0.3, 0.4) is 0 Å². The van der Waals surface area contributed by atoms with Gasteiger partial charge in [0.1, 0.15) is 0 Å². The van der Waals surface area contributed by atoms with Crippen molar-refractivity contribution in [1.82, 2.24) is 0 Å². The molecular formula is C29H50O. The van der Waals surface area contributed by atoms with Gasteiger partial charge in [-0.1, -0.05) is 108 Å². The molecule has 1 atom stereocenters. The summed E-state index contributed by atoms with van der Waals surface area (Å²) in [5.41, 5.74) is 0.944. The van der Waals surface area contributed by atoms with E-state index in [4.69, 9.17) is 0 Å². The second-order valence-corrected chi connectivity index (χ2v) is 9.53. The molecule has 2 aliphatic carbocycles. The van der Waals surface area contributed by atoms with Crippen LogP contribution >= 0.6 is 0 Å². The van der Waals surface area contributed by atoms with E-state index in [1.807, 2.05) is 24.3 Å². The minimum Gasteiger partial charge on any atom is -0.389 e. The van der Waals surface area contributed by atoms with Gasteiger partial charge in [-0.2, -0.15) is 0 Å². The van der Waals surface area contributed by atoms with E-state index in [2.05, 4.69) is 45.1 Å². The Kier molecular flexibility index (Phi) is 15.8.